The molecule has 0 spiro atoms. The molecule has 10 heteroatoms. The van der Waals surface area contributed by atoms with Crippen molar-refractivity contribution in [3.8, 4) is 5.88 Å². The highest BCUT2D eigenvalue weighted by molar-refractivity contribution is 7.89. The molecule has 1 saturated heterocycles. The molecule has 3 heterocycles. The normalized spacial score (nSPS) is 16.0. The summed E-state index contributed by atoms with van der Waals surface area (Å²) in [6.45, 7) is 6.94. The number of H-pyrrole nitrogens is 1. The fraction of sp³-hybridized carbons (Fsp3) is 0.500. The van der Waals surface area contributed by atoms with Crippen molar-refractivity contribution in [1.82, 2.24) is 24.4 Å². The van der Waals surface area contributed by atoms with Crippen molar-refractivity contribution in [3.63, 3.8) is 0 Å². The largest absolute Gasteiger partial charge is 0.477 e. The summed E-state index contributed by atoms with van der Waals surface area (Å²) < 4.78 is 33.0. The van der Waals surface area contributed by atoms with Crippen molar-refractivity contribution in [2.24, 2.45) is 0 Å². The van der Waals surface area contributed by atoms with Crippen LogP contribution in [0.2, 0.25) is 0 Å². The quantitative estimate of drug-likeness (QED) is 0.802. The van der Waals surface area contributed by atoms with E-state index in [0.29, 0.717) is 55.5 Å². The van der Waals surface area contributed by atoms with Gasteiger partial charge >= 0.3 is 0 Å². The summed E-state index contributed by atoms with van der Waals surface area (Å²) in [5.41, 5.74) is 1.36. The lowest BCUT2D eigenvalue weighted by molar-refractivity contribution is 0.0759. The van der Waals surface area contributed by atoms with Crippen molar-refractivity contribution in [1.29, 1.82) is 0 Å². The third-order valence-electron chi connectivity index (χ3n) is 4.68. The average Bonchev–Trinajstić information content (AvgIpc) is 2.87. The van der Waals surface area contributed by atoms with E-state index in [9.17, 15) is 13.2 Å². The second kappa shape index (κ2) is 8.27. The smallest absolute Gasteiger partial charge is 0.259 e. The molecule has 28 heavy (non-hydrogen) atoms. The Morgan fingerprint density at radius 3 is 2.71 bits per heavy atom. The van der Waals surface area contributed by atoms with Gasteiger partial charge in [-0.15, -0.1) is 0 Å². The second-order valence-electron chi connectivity index (χ2n) is 6.60. The number of carbonyl (C=O) groups excluding carboxylic acids is 1. The van der Waals surface area contributed by atoms with Crippen LogP contribution >= 0.6 is 0 Å². The maximum Gasteiger partial charge on any atom is 0.259 e. The maximum atomic E-state index is 13.1. The molecule has 2 aromatic rings. The number of hydrogen-bond donors (Lipinski definition) is 1. The maximum absolute atomic E-state index is 13.1. The summed E-state index contributed by atoms with van der Waals surface area (Å²) in [5.74, 6) is 0.0971. The standard InChI is InChI=1S/C18H25N5O4S/c1-4-27-17-15(7-5-8-19-17)18(24)22-9-6-10-23(12-11-22)28(25,26)16-13(2)20-21-14(16)3/h5,7-8H,4,6,9-12H2,1-3H3,(H,20,21). The molecule has 0 bridgehead atoms. The molecule has 1 aliphatic rings. The van der Waals surface area contributed by atoms with Crippen LogP contribution in [0.25, 0.3) is 0 Å². The van der Waals surface area contributed by atoms with Gasteiger partial charge in [-0.1, -0.05) is 0 Å². The summed E-state index contributed by atoms with van der Waals surface area (Å²) in [6.07, 6.45) is 2.12. The fourth-order valence-corrected chi connectivity index (χ4v) is 5.16. The van der Waals surface area contributed by atoms with E-state index in [1.807, 2.05) is 6.92 Å². The van der Waals surface area contributed by atoms with Crippen LogP contribution in [0.1, 0.15) is 35.1 Å². The molecule has 1 fully saturated rings. The summed E-state index contributed by atoms with van der Waals surface area (Å²) in [6, 6.07) is 3.37. The van der Waals surface area contributed by atoms with Crippen LogP contribution in [0, 0.1) is 13.8 Å². The van der Waals surface area contributed by atoms with Gasteiger partial charge in [-0.2, -0.15) is 9.40 Å². The Labute approximate surface area is 164 Å². The molecule has 2 aromatic heterocycles. The summed E-state index contributed by atoms with van der Waals surface area (Å²) in [4.78, 5) is 19.0. The summed E-state index contributed by atoms with van der Waals surface area (Å²) in [5, 5.41) is 6.72. The van der Waals surface area contributed by atoms with Gasteiger partial charge in [0, 0.05) is 32.4 Å². The Hall–Kier alpha value is -2.46. The van der Waals surface area contributed by atoms with E-state index in [2.05, 4.69) is 15.2 Å². The molecule has 0 atom stereocenters. The zero-order valence-electron chi connectivity index (χ0n) is 16.3. The van der Waals surface area contributed by atoms with Gasteiger partial charge in [-0.3, -0.25) is 9.89 Å². The predicted octanol–water partition coefficient (Wildman–Crippen LogP) is 1.36. The van der Waals surface area contributed by atoms with Crippen LogP contribution in [0.3, 0.4) is 0 Å². The van der Waals surface area contributed by atoms with Gasteiger partial charge in [0.2, 0.25) is 15.9 Å². The molecule has 1 N–H and O–H groups in total. The number of aromatic amines is 1. The van der Waals surface area contributed by atoms with E-state index in [1.165, 1.54) is 4.31 Å². The number of nitrogens with one attached hydrogen (secondary N) is 1. The Kier molecular flexibility index (Phi) is 5.99. The monoisotopic (exact) mass is 407 g/mol. The lowest BCUT2D eigenvalue weighted by atomic mass is 10.2. The Morgan fingerprint density at radius 1 is 1.25 bits per heavy atom. The summed E-state index contributed by atoms with van der Waals surface area (Å²) >= 11 is 0. The minimum atomic E-state index is -3.67. The van der Waals surface area contributed by atoms with Gasteiger partial charge in [0.05, 0.1) is 18.0 Å². The van der Waals surface area contributed by atoms with Crippen molar-refractivity contribution < 1.29 is 17.9 Å². The zero-order valence-corrected chi connectivity index (χ0v) is 17.1. The first-order chi connectivity index (χ1) is 13.4. The number of amides is 1. The summed E-state index contributed by atoms with van der Waals surface area (Å²) in [7, 11) is -3.67. The number of sulfonamides is 1. The van der Waals surface area contributed by atoms with Crippen LogP contribution in [-0.4, -0.2) is 71.5 Å². The van der Waals surface area contributed by atoms with Crippen LogP contribution in [0.5, 0.6) is 5.88 Å². The number of aryl methyl sites for hydroxylation is 2. The third kappa shape index (κ3) is 3.88. The first-order valence-electron chi connectivity index (χ1n) is 9.25. The van der Waals surface area contributed by atoms with E-state index in [0.717, 1.165) is 0 Å². The number of ether oxygens (including phenoxy) is 1. The Balaban J connectivity index is 1.78. The van der Waals surface area contributed by atoms with Crippen molar-refractivity contribution in [2.45, 2.75) is 32.1 Å². The lowest BCUT2D eigenvalue weighted by Crippen LogP contribution is -2.37. The molecule has 0 saturated carbocycles. The van der Waals surface area contributed by atoms with Gasteiger partial charge in [-0.25, -0.2) is 13.4 Å². The van der Waals surface area contributed by atoms with Gasteiger partial charge in [0.25, 0.3) is 5.91 Å². The van der Waals surface area contributed by atoms with E-state index < -0.39 is 10.0 Å². The van der Waals surface area contributed by atoms with Gasteiger partial charge in [0.1, 0.15) is 10.5 Å². The number of aromatic nitrogens is 3. The third-order valence-corrected chi connectivity index (χ3v) is 6.85. The van der Waals surface area contributed by atoms with Gasteiger partial charge < -0.3 is 9.64 Å². The lowest BCUT2D eigenvalue weighted by Gasteiger charge is -2.22. The molecule has 1 aliphatic heterocycles. The molecular formula is C18H25N5O4S. The van der Waals surface area contributed by atoms with Crippen molar-refractivity contribution in [3.05, 3.63) is 35.3 Å². The molecular weight excluding hydrogens is 382 g/mol. The molecule has 3 rings (SSSR count). The first kappa shape index (κ1) is 20.3. The number of rotatable bonds is 5. The highest BCUT2D eigenvalue weighted by atomic mass is 32.2. The van der Waals surface area contributed by atoms with E-state index >= 15 is 0 Å². The highest BCUT2D eigenvalue weighted by Crippen LogP contribution is 2.24. The number of carbonyl (C=O) groups is 1. The van der Waals surface area contributed by atoms with Crippen molar-refractivity contribution in [2.75, 3.05) is 32.8 Å². The first-order valence-corrected chi connectivity index (χ1v) is 10.7. The Bertz CT molecular complexity index is 937. The molecule has 0 aromatic carbocycles. The molecule has 9 nitrogen and oxygen atoms in total. The zero-order chi connectivity index (χ0) is 20.3. The van der Waals surface area contributed by atoms with Crippen LogP contribution < -0.4 is 4.74 Å². The van der Waals surface area contributed by atoms with Crippen LogP contribution in [-0.2, 0) is 10.0 Å². The minimum Gasteiger partial charge on any atom is -0.477 e. The number of hydrogen-bond acceptors (Lipinski definition) is 6. The van der Waals surface area contributed by atoms with Gasteiger partial charge in [-0.05, 0) is 39.3 Å². The molecule has 0 aliphatic carbocycles. The van der Waals surface area contributed by atoms with E-state index in [4.69, 9.17) is 4.74 Å². The second-order valence-corrected chi connectivity index (χ2v) is 8.48. The fourth-order valence-electron chi connectivity index (χ4n) is 3.36. The number of nitrogens with zero attached hydrogens (tertiary/aromatic N) is 4. The molecule has 1 amide bonds. The SMILES string of the molecule is CCOc1ncccc1C(=O)N1CCCN(S(=O)(=O)c2c(C)n[nH]c2C)CC1. The van der Waals surface area contributed by atoms with E-state index in [-0.39, 0.29) is 17.3 Å². The van der Waals surface area contributed by atoms with Crippen LogP contribution in [0.15, 0.2) is 23.2 Å². The predicted molar refractivity (Wildman–Crippen MR) is 103 cm³/mol. The van der Waals surface area contributed by atoms with E-state index in [1.54, 1.807) is 37.1 Å². The minimum absolute atomic E-state index is 0.202. The molecule has 152 valence electrons. The topological polar surface area (TPSA) is 108 Å². The van der Waals surface area contributed by atoms with Crippen molar-refractivity contribution >= 4 is 15.9 Å². The average molecular weight is 407 g/mol. The molecule has 0 unspecified atom stereocenters. The van der Waals surface area contributed by atoms with Gasteiger partial charge in [0.15, 0.2) is 0 Å². The molecule has 0 radical (unpaired) electrons. The Morgan fingerprint density at radius 2 is 2.04 bits per heavy atom. The van der Waals surface area contributed by atoms with Crippen LogP contribution in [0.4, 0.5) is 0 Å². The number of pyridine rings is 1. The highest BCUT2D eigenvalue weighted by Gasteiger charge is 2.32.